The summed E-state index contributed by atoms with van der Waals surface area (Å²) in [6.45, 7) is 0. The number of para-hydroxylation sites is 3. The van der Waals surface area contributed by atoms with Gasteiger partial charge in [0, 0.05) is 16.3 Å². The summed E-state index contributed by atoms with van der Waals surface area (Å²) in [6, 6.07) is 22.9. The zero-order valence-corrected chi connectivity index (χ0v) is 16.1. The zero-order valence-electron chi connectivity index (χ0n) is 16.1. The number of pyridine rings is 1. The van der Waals surface area contributed by atoms with Gasteiger partial charge in [-0.05, 0) is 36.4 Å². The van der Waals surface area contributed by atoms with E-state index in [-0.39, 0.29) is 23.2 Å². The topological polar surface area (TPSA) is 42.3 Å². The molecule has 0 radical (unpaired) electrons. The first-order valence-corrected chi connectivity index (χ1v) is 10.1. The molecule has 1 aromatic heterocycles. The van der Waals surface area contributed by atoms with Gasteiger partial charge in [0.2, 0.25) is 0 Å². The van der Waals surface area contributed by atoms with Crippen LogP contribution in [0, 0.1) is 5.92 Å². The number of hydrogen-bond acceptors (Lipinski definition) is 3. The summed E-state index contributed by atoms with van der Waals surface area (Å²) in [4.78, 5) is 26.4. The standard InChI is InChI=1S/C26H18N2O2/c29-25-17-9-1-5-13-21(17)27(22-14-6-2-10-18(22)25)28-23-15-7-3-11-19(23)26(30)20-12-4-8-16-24(20)28/h1-17,21H. The first-order chi connectivity index (χ1) is 14.8. The van der Waals surface area contributed by atoms with Crippen LogP contribution < -0.4 is 10.4 Å². The minimum Gasteiger partial charge on any atom is -0.293 e. The van der Waals surface area contributed by atoms with Gasteiger partial charge in [-0.25, -0.2) is 0 Å². The third-order valence-electron chi connectivity index (χ3n) is 6.08. The molecule has 0 bridgehead atoms. The molecule has 2 aliphatic rings. The Balaban J connectivity index is 1.79. The lowest BCUT2D eigenvalue weighted by Gasteiger charge is -2.43. The van der Waals surface area contributed by atoms with Crippen molar-refractivity contribution in [1.82, 2.24) is 4.68 Å². The number of allylic oxidation sites excluding steroid dienone is 2. The van der Waals surface area contributed by atoms with E-state index in [9.17, 15) is 9.59 Å². The maximum absolute atomic E-state index is 13.2. The molecule has 1 aliphatic carbocycles. The van der Waals surface area contributed by atoms with Crippen LogP contribution in [0.1, 0.15) is 10.4 Å². The van der Waals surface area contributed by atoms with E-state index in [1.54, 1.807) is 0 Å². The van der Waals surface area contributed by atoms with Gasteiger partial charge in [-0.15, -0.1) is 0 Å². The van der Waals surface area contributed by atoms with Gasteiger partial charge in [0.25, 0.3) is 0 Å². The fraction of sp³-hybridized carbons (Fsp3) is 0.0769. The van der Waals surface area contributed by atoms with E-state index in [1.165, 1.54) is 0 Å². The molecule has 6 rings (SSSR count). The Morgan fingerprint density at radius 2 is 1.27 bits per heavy atom. The van der Waals surface area contributed by atoms with E-state index >= 15 is 0 Å². The highest BCUT2D eigenvalue weighted by Gasteiger charge is 2.40. The van der Waals surface area contributed by atoms with Gasteiger partial charge in [-0.1, -0.05) is 60.7 Å². The fourth-order valence-electron chi connectivity index (χ4n) is 4.74. The number of carbonyl (C=O) groups is 1. The van der Waals surface area contributed by atoms with Crippen molar-refractivity contribution >= 4 is 33.3 Å². The van der Waals surface area contributed by atoms with Gasteiger partial charge in [-0.3, -0.25) is 19.3 Å². The van der Waals surface area contributed by atoms with Gasteiger partial charge in [0.15, 0.2) is 11.2 Å². The molecule has 0 N–H and O–H groups in total. The first kappa shape index (κ1) is 17.0. The van der Waals surface area contributed by atoms with Crippen molar-refractivity contribution in [2.75, 3.05) is 5.01 Å². The second-order valence-corrected chi connectivity index (χ2v) is 7.69. The average molecular weight is 390 g/mol. The lowest BCUT2D eigenvalue weighted by atomic mass is 9.83. The highest BCUT2D eigenvalue weighted by Crippen LogP contribution is 2.38. The smallest absolute Gasteiger partial charge is 0.197 e. The third-order valence-corrected chi connectivity index (χ3v) is 6.08. The van der Waals surface area contributed by atoms with Crippen LogP contribution in [0.2, 0.25) is 0 Å². The molecule has 2 atom stereocenters. The van der Waals surface area contributed by atoms with Crippen molar-refractivity contribution in [1.29, 1.82) is 0 Å². The Morgan fingerprint density at radius 3 is 2.00 bits per heavy atom. The average Bonchev–Trinajstić information content (AvgIpc) is 2.81. The molecule has 2 unspecified atom stereocenters. The van der Waals surface area contributed by atoms with Gasteiger partial charge in [0.1, 0.15) is 0 Å². The number of aromatic nitrogens is 1. The third kappa shape index (κ3) is 2.22. The molecule has 144 valence electrons. The molecule has 30 heavy (non-hydrogen) atoms. The van der Waals surface area contributed by atoms with Gasteiger partial charge in [-0.2, -0.15) is 0 Å². The first-order valence-electron chi connectivity index (χ1n) is 10.1. The number of ketones is 1. The molecule has 1 aliphatic heterocycles. The minimum absolute atomic E-state index is 0.0226. The predicted molar refractivity (Wildman–Crippen MR) is 120 cm³/mol. The molecular formula is C26H18N2O2. The summed E-state index contributed by atoms with van der Waals surface area (Å²) in [6.07, 6.45) is 7.97. The zero-order chi connectivity index (χ0) is 20.2. The van der Waals surface area contributed by atoms with Crippen LogP contribution in [0.4, 0.5) is 5.69 Å². The van der Waals surface area contributed by atoms with Crippen molar-refractivity contribution in [3.63, 3.8) is 0 Å². The van der Waals surface area contributed by atoms with Crippen molar-refractivity contribution in [2.45, 2.75) is 6.04 Å². The van der Waals surface area contributed by atoms with Gasteiger partial charge >= 0.3 is 0 Å². The molecule has 0 fully saturated rings. The second kappa shape index (κ2) is 6.29. The van der Waals surface area contributed by atoms with Gasteiger partial charge < -0.3 is 0 Å². The lowest BCUT2D eigenvalue weighted by Crippen LogP contribution is -2.50. The number of fused-ring (bicyclic) bond motifs is 4. The summed E-state index contributed by atoms with van der Waals surface area (Å²) < 4.78 is 2.11. The lowest BCUT2D eigenvalue weighted by molar-refractivity contribution is 0.0926. The molecule has 4 heteroatoms. The van der Waals surface area contributed by atoms with E-state index in [0.29, 0.717) is 16.3 Å². The maximum atomic E-state index is 13.2. The molecule has 4 nitrogen and oxygen atoms in total. The normalized spacial score (nSPS) is 19.9. The largest absolute Gasteiger partial charge is 0.293 e. The summed E-state index contributed by atoms with van der Waals surface area (Å²) in [5.41, 5.74) is 3.22. The molecule has 3 aromatic carbocycles. The summed E-state index contributed by atoms with van der Waals surface area (Å²) in [5.74, 6) is -0.149. The molecule has 0 saturated heterocycles. The molecule has 2 heterocycles. The number of hydrogen-bond donors (Lipinski definition) is 0. The number of rotatable bonds is 1. The quantitative estimate of drug-likeness (QED) is 0.441. The molecular weight excluding hydrogens is 372 g/mol. The molecule has 0 amide bonds. The summed E-state index contributed by atoms with van der Waals surface area (Å²) >= 11 is 0. The Labute approximate surface area is 172 Å². The maximum Gasteiger partial charge on any atom is 0.197 e. The van der Waals surface area contributed by atoms with E-state index < -0.39 is 0 Å². The summed E-state index contributed by atoms with van der Waals surface area (Å²) in [7, 11) is 0. The Kier molecular flexibility index (Phi) is 3.56. The van der Waals surface area contributed by atoms with Crippen LogP contribution in [0.15, 0.2) is 102 Å². The number of carbonyl (C=O) groups excluding carboxylic acids is 1. The van der Waals surface area contributed by atoms with E-state index in [4.69, 9.17) is 0 Å². The Bertz CT molecular complexity index is 1400. The number of Topliss-reactive ketones (excluding diaryl/α,β-unsaturated/α-hetero) is 1. The Hall–Kier alpha value is -3.92. The fourth-order valence-corrected chi connectivity index (χ4v) is 4.74. The number of anilines is 1. The number of benzene rings is 3. The monoisotopic (exact) mass is 390 g/mol. The van der Waals surface area contributed by atoms with Crippen LogP contribution >= 0.6 is 0 Å². The Morgan fingerprint density at radius 1 is 0.667 bits per heavy atom. The van der Waals surface area contributed by atoms with Crippen LogP contribution in [0.25, 0.3) is 21.8 Å². The van der Waals surface area contributed by atoms with Crippen molar-refractivity contribution < 1.29 is 4.79 Å². The SMILES string of the molecule is O=C1c2ccccc2N(n2c3ccccc3c(=O)c3ccccc32)C2C=CC=CC12. The minimum atomic E-state index is -0.276. The number of nitrogens with zero attached hydrogens (tertiary/aromatic N) is 2. The van der Waals surface area contributed by atoms with Crippen LogP contribution in [-0.4, -0.2) is 16.5 Å². The van der Waals surface area contributed by atoms with Crippen LogP contribution in [-0.2, 0) is 0 Å². The van der Waals surface area contributed by atoms with Crippen molar-refractivity contribution in [3.05, 3.63) is 113 Å². The van der Waals surface area contributed by atoms with E-state index in [2.05, 4.69) is 15.8 Å². The van der Waals surface area contributed by atoms with Crippen molar-refractivity contribution in [2.24, 2.45) is 5.92 Å². The predicted octanol–water partition coefficient (Wildman–Crippen LogP) is 4.73. The van der Waals surface area contributed by atoms with Crippen molar-refractivity contribution in [3.8, 4) is 0 Å². The van der Waals surface area contributed by atoms with E-state index in [1.807, 2.05) is 91.0 Å². The van der Waals surface area contributed by atoms with E-state index in [0.717, 1.165) is 16.7 Å². The van der Waals surface area contributed by atoms with Crippen LogP contribution in [0.3, 0.4) is 0 Å². The van der Waals surface area contributed by atoms with Gasteiger partial charge in [0.05, 0.1) is 28.7 Å². The second-order valence-electron chi connectivity index (χ2n) is 7.69. The molecule has 4 aromatic rings. The highest BCUT2D eigenvalue weighted by molar-refractivity contribution is 6.07. The molecule has 0 saturated carbocycles. The highest BCUT2D eigenvalue weighted by atomic mass is 16.1. The summed E-state index contributed by atoms with van der Waals surface area (Å²) in [5, 5.41) is 3.50. The van der Waals surface area contributed by atoms with Crippen LogP contribution in [0.5, 0.6) is 0 Å². The molecule has 0 spiro atoms.